The molecule has 1 aromatic rings. The molecule has 0 aliphatic carbocycles. The molecule has 1 aromatic carbocycles. The first-order chi connectivity index (χ1) is 10.6. The van der Waals surface area contributed by atoms with Gasteiger partial charge in [0.2, 0.25) is 0 Å². The van der Waals surface area contributed by atoms with Crippen LogP contribution < -0.4 is 10.1 Å². The van der Waals surface area contributed by atoms with E-state index in [9.17, 15) is 4.79 Å². The Bertz CT molecular complexity index is 444. The van der Waals surface area contributed by atoms with E-state index in [1.54, 1.807) is 0 Å². The molecule has 0 saturated carbocycles. The van der Waals surface area contributed by atoms with Gasteiger partial charge in [-0.25, -0.2) is 0 Å². The Kier molecular flexibility index (Phi) is 8.60. The first-order valence-corrected chi connectivity index (χ1v) is 8.37. The number of carbonyl (C=O) groups excluding carboxylic acids is 1. The molecule has 0 radical (unpaired) electrons. The second kappa shape index (κ2) is 10.2. The van der Waals surface area contributed by atoms with Gasteiger partial charge in [-0.3, -0.25) is 4.79 Å². The second-order valence-corrected chi connectivity index (χ2v) is 5.47. The monoisotopic (exact) mass is 306 g/mol. The predicted octanol–water partition coefficient (Wildman–Crippen LogP) is 3.33. The van der Waals surface area contributed by atoms with Gasteiger partial charge in [0.1, 0.15) is 5.75 Å². The van der Waals surface area contributed by atoms with Crippen LogP contribution >= 0.6 is 0 Å². The first kappa shape index (κ1) is 18.5. The van der Waals surface area contributed by atoms with Gasteiger partial charge in [0.05, 0.1) is 12.2 Å². The highest BCUT2D eigenvalue weighted by atomic mass is 16.5. The van der Waals surface area contributed by atoms with Gasteiger partial charge in [-0.1, -0.05) is 26.0 Å². The van der Waals surface area contributed by atoms with E-state index in [1.807, 2.05) is 31.2 Å². The third-order valence-electron chi connectivity index (χ3n) is 3.81. The zero-order chi connectivity index (χ0) is 16.4. The highest BCUT2D eigenvalue weighted by Gasteiger charge is 2.14. The molecular weight excluding hydrogens is 276 g/mol. The van der Waals surface area contributed by atoms with Crippen LogP contribution in [0.25, 0.3) is 0 Å². The van der Waals surface area contributed by atoms with Gasteiger partial charge in [-0.2, -0.15) is 0 Å². The van der Waals surface area contributed by atoms with Gasteiger partial charge < -0.3 is 15.0 Å². The van der Waals surface area contributed by atoms with Crippen molar-refractivity contribution in [3.8, 4) is 5.75 Å². The smallest absolute Gasteiger partial charge is 0.255 e. The number of carbonyl (C=O) groups is 1. The van der Waals surface area contributed by atoms with Crippen molar-refractivity contribution in [3.63, 3.8) is 0 Å². The SMILES string of the molecule is CCOc1ccccc1C(=O)N[C@@H](C)CCCN(CC)CC. The molecule has 0 bridgehead atoms. The van der Waals surface area contributed by atoms with Crippen molar-refractivity contribution in [2.24, 2.45) is 0 Å². The van der Waals surface area contributed by atoms with E-state index in [1.165, 1.54) is 0 Å². The fraction of sp³-hybridized carbons (Fsp3) is 0.611. The number of benzene rings is 1. The molecule has 0 saturated heterocycles. The summed E-state index contributed by atoms with van der Waals surface area (Å²) in [5, 5.41) is 3.07. The lowest BCUT2D eigenvalue weighted by molar-refractivity contribution is 0.0933. The molecule has 0 fully saturated rings. The van der Waals surface area contributed by atoms with E-state index in [0.29, 0.717) is 17.9 Å². The van der Waals surface area contributed by atoms with Crippen molar-refractivity contribution >= 4 is 5.91 Å². The van der Waals surface area contributed by atoms with Crippen LogP contribution in [0.1, 0.15) is 50.9 Å². The number of para-hydroxylation sites is 1. The number of amides is 1. The lowest BCUT2D eigenvalue weighted by Crippen LogP contribution is -2.34. The number of rotatable bonds is 10. The fourth-order valence-corrected chi connectivity index (χ4v) is 2.47. The van der Waals surface area contributed by atoms with Gasteiger partial charge in [-0.05, 0) is 58.5 Å². The summed E-state index contributed by atoms with van der Waals surface area (Å²) in [6, 6.07) is 7.56. The molecule has 124 valence electrons. The lowest BCUT2D eigenvalue weighted by atomic mass is 10.1. The molecular formula is C18H30N2O2. The summed E-state index contributed by atoms with van der Waals surface area (Å²) in [4.78, 5) is 14.8. The summed E-state index contributed by atoms with van der Waals surface area (Å²) < 4.78 is 5.51. The quantitative estimate of drug-likeness (QED) is 0.721. The number of nitrogens with zero attached hydrogens (tertiary/aromatic N) is 1. The third kappa shape index (κ3) is 6.06. The van der Waals surface area contributed by atoms with Crippen LogP contribution in [0.5, 0.6) is 5.75 Å². The standard InChI is InChI=1S/C18H30N2O2/c1-5-20(6-2)14-10-11-15(4)19-18(21)16-12-8-9-13-17(16)22-7-3/h8-9,12-13,15H,5-7,10-11,14H2,1-4H3,(H,19,21)/t15-/m0/s1. The average Bonchev–Trinajstić information content (AvgIpc) is 2.52. The molecule has 22 heavy (non-hydrogen) atoms. The Morgan fingerprint density at radius 3 is 2.55 bits per heavy atom. The van der Waals surface area contributed by atoms with Crippen molar-refractivity contribution in [1.29, 1.82) is 0 Å². The fourth-order valence-electron chi connectivity index (χ4n) is 2.47. The van der Waals surface area contributed by atoms with Crippen molar-refractivity contribution < 1.29 is 9.53 Å². The van der Waals surface area contributed by atoms with Crippen LogP contribution in [-0.4, -0.2) is 43.1 Å². The van der Waals surface area contributed by atoms with Gasteiger partial charge in [0, 0.05) is 6.04 Å². The zero-order valence-electron chi connectivity index (χ0n) is 14.4. The van der Waals surface area contributed by atoms with Gasteiger partial charge in [0.25, 0.3) is 5.91 Å². The second-order valence-electron chi connectivity index (χ2n) is 5.47. The lowest BCUT2D eigenvalue weighted by Gasteiger charge is -2.20. The van der Waals surface area contributed by atoms with Gasteiger partial charge in [-0.15, -0.1) is 0 Å². The summed E-state index contributed by atoms with van der Waals surface area (Å²) >= 11 is 0. The molecule has 0 unspecified atom stereocenters. The number of nitrogens with one attached hydrogen (secondary N) is 1. The van der Waals surface area contributed by atoms with Crippen molar-refractivity contribution in [3.05, 3.63) is 29.8 Å². The van der Waals surface area contributed by atoms with E-state index in [4.69, 9.17) is 4.74 Å². The topological polar surface area (TPSA) is 41.6 Å². The Balaban J connectivity index is 2.47. The molecule has 0 aromatic heterocycles. The van der Waals surface area contributed by atoms with Gasteiger partial charge >= 0.3 is 0 Å². The molecule has 1 amide bonds. The molecule has 0 aliphatic rings. The Morgan fingerprint density at radius 2 is 1.91 bits per heavy atom. The van der Waals surface area contributed by atoms with Crippen LogP contribution in [0.15, 0.2) is 24.3 Å². The molecule has 0 spiro atoms. The van der Waals surface area contributed by atoms with Crippen LogP contribution in [0.2, 0.25) is 0 Å². The van der Waals surface area contributed by atoms with Crippen molar-refractivity contribution in [2.75, 3.05) is 26.2 Å². The maximum atomic E-state index is 12.4. The van der Waals surface area contributed by atoms with E-state index in [0.717, 1.165) is 32.5 Å². The average molecular weight is 306 g/mol. The molecule has 1 atom stereocenters. The highest BCUT2D eigenvalue weighted by molar-refractivity contribution is 5.97. The Hall–Kier alpha value is -1.55. The van der Waals surface area contributed by atoms with E-state index in [-0.39, 0.29) is 11.9 Å². The summed E-state index contributed by atoms with van der Waals surface area (Å²) in [6.45, 7) is 12.1. The minimum absolute atomic E-state index is 0.0561. The molecule has 1 N–H and O–H groups in total. The maximum Gasteiger partial charge on any atom is 0.255 e. The third-order valence-corrected chi connectivity index (χ3v) is 3.81. The largest absolute Gasteiger partial charge is 0.493 e. The molecule has 0 aliphatic heterocycles. The highest BCUT2D eigenvalue weighted by Crippen LogP contribution is 2.18. The number of hydrogen-bond acceptors (Lipinski definition) is 3. The first-order valence-electron chi connectivity index (χ1n) is 8.37. The summed E-state index contributed by atoms with van der Waals surface area (Å²) in [5.74, 6) is 0.595. The number of hydrogen-bond donors (Lipinski definition) is 1. The summed E-state index contributed by atoms with van der Waals surface area (Å²) in [7, 11) is 0. The van der Waals surface area contributed by atoms with Crippen LogP contribution in [-0.2, 0) is 0 Å². The maximum absolute atomic E-state index is 12.4. The molecule has 0 heterocycles. The molecule has 4 nitrogen and oxygen atoms in total. The normalized spacial score (nSPS) is 12.2. The zero-order valence-corrected chi connectivity index (χ0v) is 14.4. The van der Waals surface area contributed by atoms with Crippen molar-refractivity contribution in [2.45, 2.75) is 46.6 Å². The van der Waals surface area contributed by atoms with Crippen LogP contribution in [0.4, 0.5) is 0 Å². The minimum atomic E-state index is -0.0561. The summed E-state index contributed by atoms with van der Waals surface area (Å²) in [5.41, 5.74) is 0.611. The van der Waals surface area contributed by atoms with Crippen molar-refractivity contribution in [1.82, 2.24) is 10.2 Å². The van der Waals surface area contributed by atoms with E-state index in [2.05, 4.69) is 31.0 Å². The molecule has 4 heteroatoms. The van der Waals surface area contributed by atoms with Crippen LogP contribution in [0.3, 0.4) is 0 Å². The Morgan fingerprint density at radius 1 is 1.23 bits per heavy atom. The van der Waals surface area contributed by atoms with E-state index < -0.39 is 0 Å². The van der Waals surface area contributed by atoms with E-state index >= 15 is 0 Å². The summed E-state index contributed by atoms with van der Waals surface area (Å²) in [6.07, 6.45) is 2.08. The minimum Gasteiger partial charge on any atom is -0.493 e. The van der Waals surface area contributed by atoms with Crippen LogP contribution in [0, 0.1) is 0 Å². The number of ether oxygens (including phenoxy) is 1. The molecule has 1 rings (SSSR count). The Labute approximate surface area is 134 Å². The van der Waals surface area contributed by atoms with Gasteiger partial charge in [0.15, 0.2) is 0 Å². The predicted molar refractivity (Wildman–Crippen MR) is 91.6 cm³/mol.